The maximum Gasteiger partial charge on any atom is 0.254 e. The van der Waals surface area contributed by atoms with Gasteiger partial charge in [0.15, 0.2) is 0 Å². The minimum Gasteiger partial charge on any atom is -0.361 e. The number of thiophene rings is 1. The van der Waals surface area contributed by atoms with Gasteiger partial charge in [-0.2, -0.15) is 0 Å². The summed E-state index contributed by atoms with van der Waals surface area (Å²) >= 11 is 1.63. The van der Waals surface area contributed by atoms with Crippen LogP contribution in [0.3, 0.4) is 0 Å². The molecule has 1 aromatic rings. The first-order valence-corrected chi connectivity index (χ1v) is 9.66. The maximum atomic E-state index is 12.6. The van der Waals surface area contributed by atoms with Crippen molar-refractivity contribution in [2.24, 2.45) is 10.9 Å². The van der Waals surface area contributed by atoms with Gasteiger partial charge in [0.2, 0.25) is 0 Å². The van der Waals surface area contributed by atoms with Crippen LogP contribution in [-0.2, 0) is 4.79 Å². The average molecular weight is 359 g/mol. The second kappa shape index (κ2) is 7.12. The zero-order chi connectivity index (χ0) is 18.1. The number of amides is 2. The van der Waals surface area contributed by atoms with Crippen molar-refractivity contribution < 1.29 is 9.59 Å². The highest BCUT2D eigenvalue weighted by molar-refractivity contribution is 7.14. The van der Waals surface area contributed by atoms with Crippen LogP contribution in [0.25, 0.3) is 0 Å². The zero-order valence-corrected chi connectivity index (χ0v) is 16.1. The predicted molar refractivity (Wildman–Crippen MR) is 103 cm³/mol. The Morgan fingerprint density at radius 2 is 2.16 bits per heavy atom. The Bertz CT molecular complexity index is 763. The van der Waals surface area contributed by atoms with Crippen molar-refractivity contribution >= 4 is 33.9 Å². The van der Waals surface area contributed by atoms with Crippen LogP contribution < -0.4 is 10.2 Å². The summed E-state index contributed by atoms with van der Waals surface area (Å²) in [6, 6.07) is 0.530. The molecule has 5 nitrogen and oxygen atoms in total. The van der Waals surface area contributed by atoms with E-state index >= 15 is 0 Å². The molecule has 0 aliphatic carbocycles. The lowest BCUT2D eigenvalue weighted by molar-refractivity contribution is -0.120. The van der Waals surface area contributed by atoms with E-state index in [9.17, 15) is 9.59 Å². The molecular formula is C19H25N3O2S. The fourth-order valence-electron chi connectivity index (χ4n) is 3.60. The maximum absolute atomic E-state index is 12.6. The van der Waals surface area contributed by atoms with Crippen LogP contribution >= 0.6 is 11.3 Å². The largest absolute Gasteiger partial charge is 0.361 e. The quantitative estimate of drug-likeness (QED) is 0.897. The molecule has 0 bridgehead atoms. The first kappa shape index (κ1) is 17.9. The van der Waals surface area contributed by atoms with Gasteiger partial charge in [-0.15, -0.1) is 11.3 Å². The van der Waals surface area contributed by atoms with Gasteiger partial charge in [0, 0.05) is 30.2 Å². The lowest BCUT2D eigenvalue weighted by atomic mass is 9.95. The summed E-state index contributed by atoms with van der Waals surface area (Å²) in [5.41, 5.74) is 3.42. The van der Waals surface area contributed by atoms with Crippen LogP contribution in [0.5, 0.6) is 0 Å². The number of hydrogen-bond acceptors (Lipinski definition) is 4. The second-order valence-corrected chi connectivity index (χ2v) is 7.86. The number of carbonyl (C=O) groups excluding carboxylic acids is 2. The van der Waals surface area contributed by atoms with Crippen LogP contribution in [0.1, 0.15) is 49.5 Å². The number of anilines is 1. The first-order valence-electron chi connectivity index (χ1n) is 8.78. The molecule has 1 N–H and O–H groups in total. The second-order valence-electron chi connectivity index (χ2n) is 7.01. The summed E-state index contributed by atoms with van der Waals surface area (Å²) in [7, 11) is 0. The number of aliphatic imine (C=N–C) groups is 1. The van der Waals surface area contributed by atoms with Gasteiger partial charge < -0.3 is 10.2 Å². The molecule has 2 unspecified atom stereocenters. The topological polar surface area (TPSA) is 61.8 Å². The van der Waals surface area contributed by atoms with Gasteiger partial charge in [-0.25, -0.2) is 4.99 Å². The van der Waals surface area contributed by atoms with E-state index in [0.717, 1.165) is 23.4 Å². The van der Waals surface area contributed by atoms with Gasteiger partial charge in [-0.05, 0) is 52.2 Å². The van der Waals surface area contributed by atoms with Crippen molar-refractivity contribution in [3.8, 4) is 0 Å². The molecule has 0 saturated carbocycles. The SMILES string of the molecule is CC1=CC(C)=NC(=O)C1CNC(=O)c1csc(N2CCCC2C)c1C. The lowest BCUT2D eigenvalue weighted by Gasteiger charge is -2.23. The number of carbonyl (C=O) groups is 2. The van der Waals surface area contributed by atoms with E-state index in [-0.39, 0.29) is 17.7 Å². The van der Waals surface area contributed by atoms with Crippen molar-refractivity contribution in [1.29, 1.82) is 0 Å². The molecule has 3 rings (SSSR count). The van der Waals surface area contributed by atoms with E-state index in [1.54, 1.807) is 11.3 Å². The molecule has 1 fully saturated rings. The zero-order valence-electron chi connectivity index (χ0n) is 15.3. The van der Waals surface area contributed by atoms with E-state index in [1.807, 2.05) is 32.2 Å². The molecule has 0 spiro atoms. The number of rotatable bonds is 4. The normalized spacial score (nSPS) is 23.5. The van der Waals surface area contributed by atoms with Crippen LogP contribution in [0.15, 0.2) is 22.0 Å². The van der Waals surface area contributed by atoms with E-state index in [1.165, 1.54) is 17.8 Å². The molecule has 25 heavy (non-hydrogen) atoms. The Balaban J connectivity index is 1.67. The van der Waals surface area contributed by atoms with Gasteiger partial charge >= 0.3 is 0 Å². The predicted octanol–water partition coefficient (Wildman–Crippen LogP) is 3.34. The summed E-state index contributed by atoms with van der Waals surface area (Å²) < 4.78 is 0. The fourth-order valence-corrected chi connectivity index (χ4v) is 4.80. The van der Waals surface area contributed by atoms with Gasteiger partial charge in [0.25, 0.3) is 11.8 Å². The third-order valence-corrected chi connectivity index (χ3v) is 6.23. The molecule has 3 heterocycles. The third kappa shape index (κ3) is 3.54. The van der Waals surface area contributed by atoms with E-state index < -0.39 is 0 Å². The van der Waals surface area contributed by atoms with Crippen molar-refractivity contribution in [3.63, 3.8) is 0 Å². The summed E-state index contributed by atoms with van der Waals surface area (Å²) in [5.74, 6) is -0.644. The summed E-state index contributed by atoms with van der Waals surface area (Å²) in [6.07, 6.45) is 4.31. The van der Waals surface area contributed by atoms with Crippen LogP contribution in [0.4, 0.5) is 5.00 Å². The number of allylic oxidation sites excluding steroid dienone is 1. The van der Waals surface area contributed by atoms with Crippen molar-refractivity contribution in [1.82, 2.24) is 5.32 Å². The first-order chi connectivity index (χ1) is 11.9. The van der Waals surface area contributed by atoms with Gasteiger partial charge in [-0.1, -0.05) is 5.57 Å². The molecule has 134 valence electrons. The van der Waals surface area contributed by atoms with Gasteiger partial charge in [0.05, 0.1) is 16.5 Å². The Hall–Kier alpha value is -1.95. The Kier molecular flexibility index (Phi) is 5.08. The molecule has 2 atom stereocenters. The molecule has 0 aromatic carbocycles. The number of nitrogens with one attached hydrogen (secondary N) is 1. The monoisotopic (exact) mass is 359 g/mol. The van der Waals surface area contributed by atoms with E-state index in [0.29, 0.717) is 18.2 Å². The Labute approximate surface area is 152 Å². The number of dihydropyridines is 1. The molecule has 0 radical (unpaired) electrons. The molecule has 2 aliphatic rings. The summed E-state index contributed by atoms with van der Waals surface area (Å²) in [6.45, 7) is 9.32. The lowest BCUT2D eigenvalue weighted by Crippen LogP contribution is -2.34. The molecule has 6 heteroatoms. The number of nitrogens with zero attached hydrogens (tertiary/aromatic N) is 2. The van der Waals surface area contributed by atoms with Crippen molar-refractivity contribution in [2.45, 2.75) is 46.6 Å². The standard InChI is InChI=1S/C19H25N3O2S/c1-11-8-12(2)21-18(24)15(11)9-20-17(23)16-10-25-19(14(16)4)22-7-5-6-13(22)3/h8,10,13,15H,5-7,9H2,1-4H3,(H,20,23). The summed E-state index contributed by atoms with van der Waals surface area (Å²) in [5, 5.41) is 6.04. The van der Waals surface area contributed by atoms with Gasteiger partial charge in [-0.3, -0.25) is 9.59 Å². The minimum atomic E-state index is -0.357. The van der Waals surface area contributed by atoms with Crippen LogP contribution in [0.2, 0.25) is 0 Å². The molecule has 2 amide bonds. The molecule has 2 aliphatic heterocycles. The highest BCUT2D eigenvalue weighted by Crippen LogP contribution is 2.35. The fraction of sp³-hybridized carbons (Fsp3) is 0.526. The van der Waals surface area contributed by atoms with Crippen molar-refractivity contribution in [2.75, 3.05) is 18.0 Å². The molecule has 1 saturated heterocycles. The third-order valence-electron chi connectivity index (χ3n) is 5.11. The Morgan fingerprint density at radius 1 is 1.40 bits per heavy atom. The van der Waals surface area contributed by atoms with Crippen LogP contribution in [0, 0.1) is 12.8 Å². The van der Waals surface area contributed by atoms with Crippen LogP contribution in [-0.4, -0.2) is 36.7 Å². The van der Waals surface area contributed by atoms with Crippen molar-refractivity contribution in [3.05, 3.63) is 28.2 Å². The van der Waals surface area contributed by atoms with E-state index in [4.69, 9.17) is 0 Å². The van der Waals surface area contributed by atoms with E-state index in [2.05, 4.69) is 22.1 Å². The highest BCUT2D eigenvalue weighted by atomic mass is 32.1. The highest BCUT2D eigenvalue weighted by Gasteiger charge is 2.27. The Morgan fingerprint density at radius 3 is 2.80 bits per heavy atom. The average Bonchev–Trinajstić information content (AvgIpc) is 3.11. The molecular weight excluding hydrogens is 334 g/mol. The minimum absolute atomic E-state index is 0.112. The molecule has 1 aromatic heterocycles. The summed E-state index contributed by atoms with van der Waals surface area (Å²) in [4.78, 5) is 31.1. The smallest absolute Gasteiger partial charge is 0.254 e. The van der Waals surface area contributed by atoms with Gasteiger partial charge in [0.1, 0.15) is 0 Å². The number of hydrogen-bond donors (Lipinski definition) is 1.